The number of nitrogens with two attached hydrogens (primary N) is 1. The smallest absolute Gasteiger partial charge is 0.00954 e. The van der Waals surface area contributed by atoms with Crippen molar-refractivity contribution in [2.24, 2.45) is 17.6 Å². The summed E-state index contributed by atoms with van der Waals surface area (Å²) in [7, 11) is 2.26. The van der Waals surface area contributed by atoms with Crippen LogP contribution in [0.15, 0.2) is 0 Å². The molecule has 3 atom stereocenters. The van der Waals surface area contributed by atoms with Crippen LogP contribution in [0.25, 0.3) is 0 Å². The van der Waals surface area contributed by atoms with Crippen molar-refractivity contribution in [2.45, 2.75) is 31.7 Å². The fraction of sp³-hybridized carbons (Fsp3) is 1.00. The standard InChI is InChI=1S/C10H20N2/c1-12-4-2-3-10(12)6-8-5-9(8)7-11/h8-10H,2-7,11H2,1H3. The molecule has 2 fully saturated rings. The van der Waals surface area contributed by atoms with Crippen LogP contribution in [0.5, 0.6) is 0 Å². The van der Waals surface area contributed by atoms with Gasteiger partial charge in [0.25, 0.3) is 0 Å². The topological polar surface area (TPSA) is 29.3 Å². The van der Waals surface area contributed by atoms with Crippen molar-refractivity contribution in [2.75, 3.05) is 20.1 Å². The summed E-state index contributed by atoms with van der Waals surface area (Å²) < 4.78 is 0. The van der Waals surface area contributed by atoms with Crippen molar-refractivity contribution in [3.05, 3.63) is 0 Å². The maximum Gasteiger partial charge on any atom is 0.00954 e. The molecule has 2 aliphatic rings. The largest absolute Gasteiger partial charge is 0.330 e. The number of hydrogen-bond acceptors (Lipinski definition) is 2. The van der Waals surface area contributed by atoms with E-state index in [1.165, 1.54) is 32.2 Å². The van der Waals surface area contributed by atoms with Gasteiger partial charge in [-0.2, -0.15) is 0 Å². The van der Waals surface area contributed by atoms with Crippen LogP contribution in [0.3, 0.4) is 0 Å². The summed E-state index contributed by atoms with van der Waals surface area (Å²) >= 11 is 0. The molecule has 0 bridgehead atoms. The molecule has 1 aliphatic carbocycles. The second kappa shape index (κ2) is 3.35. The minimum atomic E-state index is 0.874. The third kappa shape index (κ3) is 1.64. The van der Waals surface area contributed by atoms with Gasteiger partial charge < -0.3 is 10.6 Å². The maximum absolute atomic E-state index is 5.62. The molecule has 0 radical (unpaired) electrons. The van der Waals surface area contributed by atoms with Crippen LogP contribution >= 0.6 is 0 Å². The van der Waals surface area contributed by atoms with Gasteiger partial charge in [0.15, 0.2) is 0 Å². The Morgan fingerprint density at radius 1 is 1.42 bits per heavy atom. The minimum absolute atomic E-state index is 0.874. The molecule has 2 rings (SSSR count). The van der Waals surface area contributed by atoms with Crippen molar-refractivity contribution >= 4 is 0 Å². The second-order valence-corrected chi connectivity index (χ2v) is 4.50. The van der Waals surface area contributed by atoms with E-state index in [2.05, 4.69) is 11.9 Å². The fourth-order valence-corrected chi connectivity index (χ4v) is 2.51. The van der Waals surface area contributed by atoms with Gasteiger partial charge in [0.1, 0.15) is 0 Å². The van der Waals surface area contributed by atoms with Gasteiger partial charge >= 0.3 is 0 Å². The van der Waals surface area contributed by atoms with Gasteiger partial charge in [0.05, 0.1) is 0 Å². The summed E-state index contributed by atoms with van der Waals surface area (Å²) in [6.07, 6.45) is 5.64. The van der Waals surface area contributed by atoms with E-state index in [1.54, 1.807) is 0 Å². The lowest BCUT2D eigenvalue weighted by atomic mass is 10.1. The number of hydrogen-bond donors (Lipinski definition) is 1. The van der Waals surface area contributed by atoms with Gasteiger partial charge in [-0.05, 0) is 57.7 Å². The lowest BCUT2D eigenvalue weighted by Gasteiger charge is -2.18. The molecule has 1 saturated heterocycles. The van der Waals surface area contributed by atoms with Gasteiger partial charge in [-0.3, -0.25) is 0 Å². The molecule has 0 spiro atoms. The zero-order valence-corrected chi connectivity index (χ0v) is 8.00. The van der Waals surface area contributed by atoms with E-state index < -0.39 is 0 Å². The maximum atomic E-state index is 5.62. The lowest BCUT2D eigenvalue weighted by molar-refractivity contribution is 0.283. The predicted octanol–water partition coefficient (Wildman–Crippen LogP) is 1.07. The molecule has 0 amide bonds. The van der Waals surface area contributed by atoms with Gasteiger partial charge in [-0.1, -0.05) is 0 Å². The van der Waals surface area contributed by atoms with E-state index in [0.717, 1.165) is 24.4 Å². The molecule has 1 aliphatic heterocycles. The summed E-state index contributed by atoms with van der Waals surface area (Å²) in [6, 6.07) is 0.881. The summed E-state index contributed by atoms with van der Waals surface area (Å²) in [5, 5.41) is 0. The van der Waals surface area contributed by atoms with Crippen LogP contribution in [-0.4, -0.2) is 31.1 Å². The summed E-state index contributed by atoms with van der Waals surface area (Å²) in [5.74, 6) is 1.85. The first-order chi connectivity index (χ1) is 5.81. The number of rotatable bonds is 3. The predicted molar refractivity (Wildman–Crippen MR) is 50.9 cm³/mol. The fourth-order valence-electron chi connectivity index (χ4n) is 2.51. The van der Waals surface area contributed by atoms with Crippen LogP contribution in [0.2, 0.25) is 0 Å². The third-order valence-electron chi connectivity index (χ3n) is 3.62. The summed E-state index contributed by atoms with van der Waals surface area (Å²) in [6.45, 7) is 2.23. The summed E-state index contributed by atoms with van der Waals surface area (Å²) in [4.78, 5) is 2.52. The van der Waals surface area contributed by atoms with Crippen LogP contribution in [0.1, 0.15) is 25.7 Å². The molecule has 1 heterocycles. The minimum Gasteiger partial charge on any atom is -0.330 e. The van der Waals surface area contributed by atoms with Crippen molar-refractivity contribution in [3.63, 3.8) is 0 Å². The Labute approximate surface area is 75.1 Å². The second-order valence-electron chi connectivity index (χ2n) is 4.50. The molecule has 0 aromatic rings. The van der Waals surface area contributed by atoms with Crippen molar-refractivity contribution in [1.82, 2.24) is 4.90 Å². The monoisotopic (exact) mass is 168 g/mol. The quantitative estimate of drug-likeness (QED) is 0.683. The Hall–Kier alpha value is -0.0800. The lowest BCUT2D eigenvalue weighted by Crippen LogP contribution is -2.25. The first-order valence-electron chi connectivity index (χ1n) is 5.21. The Balaban J connectivity index is 1.73. The van der Waals surface area contributed by atoms with Crippen LogP contribution in [-0.2, 0) is 0 Å². The average Bonchev–Trinajstić information content (AvgIpc) is 2.70. The molecule has 0 aromatic heterocycles. The molecule has 1 saturated carbocycles. The van der Waals surface area contributed by atoms with Crippen molar-refractivity contribution < 1.29 is 0 Å². The molecule has 0 aromatic carbocycles. The SMILES string of the molecule is CN1CCCC1CC1CC1CN. The molecule has 70 valence electrons. The summed E-state index contributed by atoms with van der Waals surface area (Å²) in [5.41, 5.74) is 5.62. The molecule has 2 heteroatoms. The first-order valence-corrected chi connectivity index (χ1v) is 5.21. The van der Waals surface area contributed by atoms with Gasteiger partial charge in [0.2, 0.25) is 0 Å². The molecule has 2 N–H and O–H groups in total. The highest BCUT2D eigenvalue weighted by molar-refractivity contribution is 4.91. The van der Waals surface area contributed by atoms with E-state index >= 15 is 0 Å². The van der Waals surface area contributed by atoms with E-state index in [-0.39, 0.29) is 0 Å². The van der Waals surface area contributed by atoms with Crippen molar-refractivity contribution in [1.29, 1.82) is 0 Å². The Bertz CT molecular complexity index is 158. The highest BCUT2D eigenvalue weighted by atomic mass is 15.1. The van der Waals surface area contributed by atoms with Crippen LogP contribution in [0.4, 0.5) is 0 Å². The van der Waals surface area contributed by atoms with Gasteiger partial charge in [-0.25, -0.2) is 0 Å². The highest BCUT2D eigenvalue weighted by Gasteiger charge is 2.38. The zero-order chi connectivity index (χ0) is 8.55. The third-order valence-corrected chi connectivity index (χ3v) is 3.62. The highest BCUT2D eigenvalue weighted by Crippen LogP contribution is 2.42. The van der Waals surface area contributed by atoms with E-state index in [1.807, 2.05) is 0 Å². The molecule has 3 unspecified atom stereocenters. The van der Waals surface area contributed by atoms with Gasteiger partial charge in [0, 0.05) is 6.04 Å². The Morgan fingerprint density at radius 2 is 2.25 bits per heavy atom. The van der Waals surface area contributed by atoms with Crippen LogP contribution in [0, 0.1) is 11.8 Å². The average molecular weight is 168 g/mol. The van der Waals surface area contributed by atoms with E-state index in [4.69, 9.17) is 5.73 Å². The number of nitrogens with zero attached hydrogens (tertiary/aromatic N) is 1. The van der Waals surface area contributed by atoms with E-state index in [9.17, 15) is 0 Å². The zero-order valence-electron chi connectivity index (χ0n) is 8.00. The molecular weight excluding hydrogens is 148 g/mol. The van der Waals surface area contributed by atoms with Crippen LogP contribution < -0.4 is 5.73 Å². The molecular formula is C10H20N2. The Morgan fingerprint density at radius 3 is 2.75 bits per heavy atom. The van der Waals surface area contributed by atoms with Gasteiger partial charge in [-0.15, -0.1) is 0 Å². The Kier molecular flexibility index (Phi) is 2.37. The van der Waals surface area contributed by atoms with Crippen molar-refractivity contribution in [3.8, 4) is 0 Å². The number of likely N-dealkylation sites (tertiary alicyclic amines) is 1. The first kappa shape index (κ1) is 8.52. The van der Waals surface area contributed by atoms with E-state index in [0.29, 0.717) is 0 Å². The normalized spacial score (nSPS) is 42.0. The molecule has 12 heavy (non-hydrogen) atoms. The molecule has 2 nitrogen and oxygen atoms in total.